The first-order valence-corrected chi connectivity index (χ1v) is 4.98. The highest BCUT2D eigenvalue weighted by atomic mass is 79.9. The van der Waals surface area contributed by atoms with Gasteiger partial charge in [0.05, 0.1) is 5.02 Å². The van der Waals surface area contributed by atoms with Crippen molar-refractivity contribution in [1.82, 2.24) is 5.43 Å². The summed E-state index contributed by atoms with van der Waals surface area (Å²) >= 11 is 8.93. The lowest BCUT2D eigenvalue weighted by molar-refractivity contribution is -0.136. The summed E-state index contributed by atoms with van der Waals surface area (Å²) in [5.41, 5.74) is 2.17. The Morgan fingerprint density at radius 1 is 1.33 bits per heavy atom. The first-order chi connectivity index (χ1) is 7.04. The number of carbonyl (C=O) groups is 2. The molecule has 0 radical (unpaired) electrons. The van der Waals surface area contributed by atoms with E-state index in [-0.39, 0.29) is 0 Å². The van der Waals surface area contributed by atoms with Crippen LogP contribution in [0.4, 0.5) is 5.69 Å². The highest BCUT2D eigenvalue weighted by Crippen LogP contribution is 2.25. The Bertz CT molecular complexity index is 411. The maximum Gasteiger partial charge on any atom is 0.323 e. The molecule has 0 saturated carbocycles. The average Bonchev–Trinajstić information content (AvgIpc) is 2.22. The molecule has 80 valence electrons. The summed E-state index contributed by atoms with van der Waals surface area (Å²) in [7, 11) is 0. The number of benzene rings is 1. The predicted octanol–water partition coefficient (Wildman–Crippen LogP) is 1.03. The standard InChI is InChI=1S/C8H7BrClN3O2/c9-5-3-4(1-2-6(5)10)12-7(14)8(15)13-11/h1-3H,11H2,(H,12,14)(H,13,15). The summed E-state index contributed by atoms with van der Waals surface area (Å²) < 4.78 is 0.620. The number of halogens is 2. The Kier molecular flexibility index (Phi) is 4.07. The molecule has 1 rings (SSSR count). The van der Waals surface area contributed by atoms with Gasteiger partial charge in [-0.15, -0.1) is 0 Å². The minimum absolute atomic E-state index is 0.444. The van der Waals surface area contributed by atoms with Gasteiger partial charge in [0.2, 0.25) is 0 Å². The molecule has 1 aromatic rings. The third kappa shape index (κ3) is 3.19. The van der Waals surface area contributed by atoms with Crippen molar-refractivity contribution < 1.29 is 9.59 Å². The molecule has 0 aliphatic heterocycles. The topological polar surface area (TPSA) is 84.2 Å². The van der Waals surface area contributed by atoms with Crippen molar-refractivity contribution in [2.75, 3.05) is 5.32 Å². The van der Waals surface area contributed by atoms with Crippen LogP contribution in [0.5, 0.6) is 0 Å². The average molecular weight is 293 g/mol. The van der Waals surface area contributed by atoms with Crippen molar-refractivity contribution in [3.63, 3.8) is 0 Å². The Balaban J connectivity index is 2.77. The molecule has 0 spiro atoms. The fourth-order valence-electron chi connectivity index (χ4n) is 0.827. The van der Waals surface area contributed by atoms with Crippen molar-refractivity contribution in [2.24, 2.45) is 5.84 Å². The molecule has 0 aliphatic carbocycles. The molecule has 4 N–H and O–H groups in total. The van der Waals surface area contributed by atoms with Crippen LogP contribution in [0.1, 0.15) is 0 Å². The van der Waals surface area contributed by atoms with Crippen LogP contribution in [0.3, 0.4) is 0 Å². The van der Waals surface area contributed by atoms with E-state index in [0.29, 0.717) is 15.2 Å². The van der Waals surface area contributed by atoms with E-state index in [9.17, 15) is 9.59 Å². The molecular weight excluding hydrogens is 285 g/mol. The number of rotatable bonds is 1. The summed E-state index contributed by atoms with van der Waals surface area (Å²) in [5.74, 6) is 3.03. The van der Waals surface area contributed by atoms with Gasteiger partial charge < -0.3 is 5.32 Å². The molecule has 0 aromatic heterocycles. The number of anilines is 1. The van der Waals surface area contributed by atoms with Crippen LogP contribution in [-0.4, -0.2) is 11.8 Å². The van der Waals surface area contributed by atoms with Gasteiger partial charge in [-0.3, -0.25) is 15.0 Å². The summed E-state index contributed by atoms with van der Waals surface area (Å²) in [5, 5.41) is 2.85. The number of carbonyl (C=O) groups excluding carboxylic acids is 2. The lowest BCUT2D eigenvalue weighted by atomic mass is 10.3. The smallest absolute Gasteiger partial charge is 0.318 e. The van der Waals surface area contributed by atoms with Crippen molar-refractivity contribution in [1.29, 1.82) is 0 Å². The normalized spacial score (nSPS) is 9.53. The first kappa shape index (κ1) is 12.0. The quantitative estimate of drug-likeness (QED) is 0.313. The molecule has 15 heavy (non-hydrogen) atoms. The van der Waals surface area contributed by atoms with E-state index in [1.54, 1.807) is 23.6 Å². The number of hydrogen-bond acceptors (Lipinski definition) is 3. The van der Waals surface area contributed by atoms with Gasteiger partial charge in [-0.2, -0.15) is 0 Å². The third-order valence-corrected chi connectivity index (χ3v) is 2.73. The second-order valence-electron chi connectivity index (χ2n) is 2.56. The van der Waals surface area contributed by atoms with Gasteiger partial charge in [0.15, 0.2) is 0 Å². The van der Waals surface area contributed by atoms with E-state index in [2.05, 4.69) is 21.2 Å². The zero-order valence-corrected chi connectivity index (χ0v) is 9.72. The second kappa shape index (κ2) is 5.11. The van der Waals surface area contributed by atoms with Crippen LogP contribution < -0.4 is 16.6 Å². The van der Waals surface area contributed by atoms with Crippen LogP contribution in [0.25, 0.3) is 0 Å². The van der Waals surface area contributed by atoms with Gasteiger partial charge in [-0.1, -0.05) is 11.6 Å². The van der Waals surface area contributed by atoms with Gasteiger partial charge in [0.1, 0.15) is 0 Å². The second-order valence-corrected chi connectivity index (χ2v) is 3.82. The Hall–Kier alpha value is -1.11. The van der Waals surface area contributed by atoms with Gasteiger partial charge >= 0.3 is 11.8 Å². The van der Waals surface area contributed by atoms with Crippen molar-refractivity contribution in [3.8, 4) is 0 Å². The van der Waals surface area contributed by atoms with Crippen LogP contribution in [0.2, 0.25) is 5.02 Å². The number of amides is 2. The highest BCUT2D eigenvalue weighted by molar-refractivity contribution is 9.10. The molecule has 0 fully saturated rings. The summed E-state index contributed by atoms with van der Waals surface area (Å²) in [6.45, 7) is 0. The van der Waals surface area contributed by atoms with Crippen LogP contribution in [0.15, 0.2) is 22.7 Å². The van der Waals surface area contributed by atoms with E-state index < -0.39 is 11.8 Å². The number of nitrogens with two attached hydrogens (primary N) is 1. The largest absolute Gasteiger partial charge is 0.323 e. The van der Waals surface area contributed by atoms with Crippen LogP contribution >= 0.6 is 27.5 Å². The summed E-state index contributed by atoms with van der Waals surface area (Å²) in [6, 6.07) is 4.72. The molecule has 0 bridgehead atoms. The van der Waals surface area contributed by atoms with E-state index in [1.165, 1.54) is 0 Å². The Morgan fingerprint density at radius 3 is 2.53 bits per heavy atom. The molecule has 1 aromatic carbocycles. The fourth-order valence-corrected chi connectivity index (χ4v) is 1.32. The zero-order valence-electron chi connectivity index (χ0n) is 7.38. The number of hydrogen-bond donors (Lipinski definition) is 3. The predicted molar refractivity (Wildman–Crippen MR) is 60.1 cm³/mol. The maximum absolute atomic E-state index is 11.1. The Morgan fingerprint density at radius 2 is 2.00 bits per heavy atom. The summed E-state index contributed by atoms with van der Waals surface area (Å²) in [6.07, 6.45) is 0. The molecule has 0 heterocycles. The minimum atomic E-state index is -0.916. The molecule has 0 unspecified atom stereocenters. The molecule has 7 heteroatoms. The molecule has 5 nitrogen and oxygen atoms in total. The first-order valence-electron chi connectivity index (χ1n) is 3.81. The molecular formula is C8H7BrClN3O2. The third-order valence-electron chi connectivity index (χ3n) is 1.51. The van der Waals surface area contributed by atoms with Gasteiger partial charge in [-0.25, -0.2) is 5.84 Å². The molecule has 0 atom stereocenters. The lowest BCUT2D eigenvalue weighted by Gasteiger charge is -2.04. The molecule has 0 aliphatic rings. The van der Waals surface area contributed by atoms with Crippen LogP contribution in [0, 0.1) is 0 Å². The highest BCUT2D eigenvalue weighted by Gasteiger charge is 2.11. The monoisotopic (exact) mass is 291 g/mol. The van der Waals surface area contributed by atoms with E-state index in [0.717, 1.165) is 0 Å². The minimum Gasteiger partial charge on any atom is -0.318 e. The van der Waals surface area contributed by atoms with Crippen LogP contribution in [-0.2, 0) is 9.59 Å². The van der Waals surface area contributed by atoms with E-state index in [4.69, 9.17) is 17.4 Å². The molecule has 2 amide bonds. The number of nitrogens with one attached hydrogen (secondary N) is 2. The lowest BCUT2D eigenvalue weighted by Crippen LogP contribution is -2.39. The molecule has 0 saturated heterocycles. The SMILES string of the molecule is NNC(=O)C(=O)Nc1ccc(Cl)c(Br)c1. The van der Waals surface area contributed by atoms with Crippen molar-refractivity contribution in [2.45, 2.75) is 0 Å². The maximum atomic E-state index is 11.1. The Labute approximate surface area is 99.1 Å². The van der Waals surface area contributed by atoms with Gasteiger partial charge in [0, 0.05) is 10.2 Å². The van der Waals surface area contributed by atoms with E-state index in [1.807, 2.05) is 0 Å². The van der Waals surface area contributed by atoms with Gasteiger partial charge in [-0.05, 0) is 34.1 Å². The van der Waals surface area contributed by atoms with E-state index >= 15 is 0 Å². The van der Waals surface area contributed by atoms with Crippen molar-refractivity contribution in [3.05, 3.63) is 27.7 Å². The summed E-state index contributed by atoms with van der Waals surface area (Å²) in [4.78, 5) is 21.9. The van der Waals surface area contributed by atoms with Gasteiger partial charge in [0.25, 0.3) is 0 Å². The fraction of sp³-hybridized carbons (Fsp3) is 0. The van der Waals surface area contributed by atoms with Crippen molar-refractivity contribution >= 4 is 45.0 Å². The zero-order chi connectivity index (χ0) is 11.4. The number of hydrazine groups is 1.